The van der Waals surface area contributed by atoms with E-state index in [0.717, 1.165) is 7.11 Å². The van der Waals surface area contributed by atoms with Gasteiger partial charge in [0.25, 0.3) is 0 Å². The standard InChI is InChI=1S/C19H16O8/c1-26-19(25)17-16(10-3-5-13(21)15(23)8-10)11(18(24)27-17)6-9-2-4-12(20)14(22)7-9/h2-8,16-17,20-23H,1H3/t16-,17+/m1/s1. The molecule has 1 aliphatic heterocycles. The summed E-state index contributed by atoms with van der Waals surface area (Å²) in [5.74, 6) is -3.93. The molecule has 1 saturated heterocycles. The topological polar surface area (TPSA) is 134 Å². The van der Waals surface area contributed by atoms with Crippen molar-refractivity contribution in [2.45, 2.75) is 12.0 Å². The van der Waals surface area contributed by atoms with Crippen molar-refractivity contribution in [3.63, 3.8) is 0 Å². The van der Waals surface area contributed by atoms with E-state index in [1.165, 1.54) is 42.5 Å². The summed E-state index contributed by atoms with van der Waals surface area (Å²) in [6, 6.07) is 7.85. The van der Waals surface area contributed by atoms with E-state index in [0.29, 0.717) is 11.1 Å². The second-order valence-corrected chi connectivity index (χ2v) is 5.92. The number of cyclic esters (lactones) is 1. The van der Waals surface area contributed by atoms with Crippen molar-refractivity contribution < 1.29 is 39.5 Å². The molecule has 2 aromatic rings. The first-order valence-corrected chi connectivity index (χ1v) is 7.86. The Morgan fingerprint density at radius 3 is 2.22 bits per heavy atom. The zero-order valence-electron chi connectivity index (χ0n) is 14.1. The van der Waals surface area contributed by atoms with E-state index < -0.39 is 29.7 Å². The minimum absolute atomic E-state index is 0.0839. The normalized spacial score (nSPS) is 20.5. The van der Waals surface area contributed by atoms with Crippen molar-refractivity contribution in [1.29, 1.82) is 0 Å². The number of aromatic hydroxyl groups is 4. The van der Waals surface area contributed by atoms with Crippen molar-refractivity contribution in [2.75, 3.05) is 7.11 Å². The smallest absolute Gasteiger partial charge is 0.348 e. The summed E-state index contributed by atoms with van der Waals surface area (Å²) in [7, 11) is 1.15. The molecule has 0 aromatic heterocycles. The van der Waals surface area contributed by atoms with Gasteiger partial charge in [0, 0.05) is 5.57 Å². The summed E-state index contributed by atoms with van der Waals surface area (Å²) in [6.07, 6.45) is 0.127. The van der Waals surface area contributed by atoms with Crippen LogP contribution in [0.5, 0.6) is 23.0 Å². The van der Waals surface area contributed by atoms with Crippen LogP contribution in [-0.2, 0) is 19.1 Å². The molecule has 2 atom stereocenters. The molecule has 1 aliphatic rings. The number of hydrogen-bond acceptors (Lipinski definition) is 8. The largest absolute Gasteiger partial charge is 0.504 e. The minimum Gasteiger partial charge on any atom is -0.504 e. The maximum absolute atomic E-state index is 12.4. The van der Waals surface area contributed by atoms with E-state index in [4.69, 9.17) is 9.47 Å². The van der Waals surface area contributed by atoms with Gasteiger partial charge in [-0.05, 0) is 41.5 Å². The fourth-order valence-corrected chi connectivity index (χ4v) is 2.89. The van der Waals surface area contributed by atoms with Gasteiger partial charge in [0.15, 0.2) is 23.0 Å². The lowest BCUT2D eigenvalue weighted by Gasteiger charge is -2.17. The van der Waals surface area contributed by atoms with E-state index in [1.54, 1.807) is 0 Å². The highest BCUT2D eigenvalue weighted by molar-refractivity contribution is 6.01. The molecule has 0 aliphatic carbocycles. The predicted octanol–water partition coefficient (Wildman–Crippen LogP) is 1.77. The molecular weight excluding hydrogens is 356 g/mol. The molecule has 27 heavy (non-hydrogen) atoms. The minimum atomic E-state index is -1.27. The molecule has 0 radical (unpaired) electrons. The van der Waals surface area contributed by atoms with Crippen LogP contribution in [0.2, 0.25) is 0 Å². The highest BCUT2D eigenvalue weighted by atomic mass is 16.6. The van der Waals surface area contributed by atoms with Crippen LogP contribution < -0.4 is 0 Å². The molecule has 0 saturated carbocycles. The molecule has 1 fully saturated rings. The Bertz CT molecular complexity index is 947. The Kier molecular flexibility index (Phi) is 4.64. The van der Waals surface area contributed by atoms with Crippen molar-refractivity contribution in [1.82, 2.24) is 0 Å². The summed E-state index contributed by atoms with van der Waals surface area (Å²) in [5.41, 5.74) is 0.817. The van der Waals surface area contributed by atoms with Gasteiger partial charge in [-0.25, -0.2) is 9.59 Å². The molecule has 140 valence electrons. The number of methoxy groups -OCH3 is 1. The number of phenolic OH excluding ortho intramolecular Hbond substituents is 4. The number of hydrogen-bond donors (Lipinski definition) is 4. The van der Waals surface area contributed by atoms with Gasteiger partial charge in [0.2, 0.25) is 6.10 Å². The van der Waals surface area contributed by atoms with Crippen molar-refractivity contribution in [3.05, 3.63) is 53.1 Å². The van der Waals surface area contributed by atoms with Gasteiger partial charge in [0.1, 0.15) is 0 Å². The number of benzene rings is 2. The molecule has 3 rings (SSSR count). The number of rotatable bonds is 3. The highest BCUT2D eigenvalue weighted by Gasteiger charge is 2.46. The van der Waals surface area contributed by atoms with Crippen molar-refractivity contribution in [2.24, 2.45) is 0 Å². The Hall–Kier alpha value is -3.68. The van der Waals surface area contributed by atoms with Crippen LogP contribution in [0.4, 0.5) is 0 Å². The van der Waals surface area contributed by atoms with Gasteiger partial charge < -0.3 is 29.9 Å². The summed E-state index contributed by atoms with van der Waals surface area (Å²) in [6.45, 7) is 0. The van der Waals surface area contributed by atoms with E-state index >= 15 is 0 Å². The van der Waals surface area contributed by atoms with Gasteiger partial charge in [-0.15, -0.1) is 0 Å². The fraction of sp³-hybridized carbons (Fsp3) is 0.158. The maximum atomic E-state index is 12.4. The van der Waals surface area contributed by atoms with E-state index in [1.807, 2.05) is 0 Å². The fourth-order valence-electron chi connectivity index (χ4n) is 2.89. The Morgan fingerprint density at radius 2 is 1.63 bits per heavy atom. The molecule has 1 heterocycles. The van der Waals surface area contributed by atoms with Crippen LogP contribution in [-0.4, -0.2) is 45.6 Å². The van der Waals surface area contributed by atoms with Gasteiger partial charge in [-0.1, -0.05) is 12.1 Å². The van der Waals surface area contributed by atoms with Crippen LogP contribution in [0.25, 0.3) is 6.08 Å². The van der Waals surface area contributed by atoms with Crippen LogP contribution in [0, 0.1) is 0 Å². The Labute approximate surface area is 153 Å². The second-order valence-electron chi connectivity index (χ2n) is 5.92. The summed E-state index contributed by atoms with van der Waals surface area (Å²) >= 11 is 0. The lowest BCUT2D eigenvalue weighted by Crippen LogP contribution is -2.27. The molecule has 2 aromatic carbocycles. The second kappa shape index (κ2) is 6.91. The zero-order valence-corrected chi connectivity index (χ0v) is 14.1. The first kappa shape index (κ1) is 18.1. The maximum Gasteiger partial charge on any atom is 0.348 e. The average molecular weight is 372 g/mol. The van der Waals surface area contributed by atoms with E-state index in [2.05, 4.69) is 0 Å². The van der Waals surface area contributed by atoms with E-state index in [-0.39, 0.29) is 22.8 Å². The van der Waals surface area contributed by atoms with Crippen molar-refractivity contribution in [3.8, 4) is 23.0 Å². The summed E-state index contributed by atoms with van der Waals surface area (Å²) in [5, 5.41) is 38.3. The van der Waals surface area contributed by atoms with Crippen LogP contribution in [0.15, 0.2) is 42.0 Å². The first-order valence-electron chi connectivity index (χ1n) is 7.86. The highest BCUT2D eigenvalue weighted by Crippen LogP contribution is 2.41. The number of ether oxygens (including phenoxy) is 2. The molecule has 8 nitrogen and oxygen atoms in total. The van der Waals surface area contributed by atoms with Crippen LogP contribution in [0.1, 0.15) is 17.0 Å². The Morgan fingerprint density at radius 1 is 1.00 bits per heavy atom. The molecule has 0 spiro atoms. The SMILES string of the molecule is COC(=O)[C@H]1OC(=O)C(=Cc2ccc(O)c(O)c2)[C@H]1c1ccc(O)c(O)c1. The predicted molar refractivity (Wildman–Crippen MR) is 92.2 cm³/mol. The van der Waals surface area contributed by atoms with Gasteiger partial charge >= 0.3 is 11.9 Å². The third kappa shape index (κ3) is 3.37. The number of carbonyl (C=O) groups is 2. The van der Waals surface area contributed by atoms with Gasteiger partial charge in [-0.2, -0.15) is 0 Å². The molecule has 4 N–H and O–H groups in total. The molecule has 8 heteroatoms. The molecule has 0 amide bonds. The third-order valence-electron chi connectivity index (χ3n) is 4.22. The zero-order chi connectivity index (χ0) is 19.7. The lowest BCUT2D eigenvalue weighted by atomic mass is 9.87. The first-order chi connectivity index (χ1) is 12.8. The quantitative estimate of drug-likeness (QED) is 0.364. The summed E-state index contributed by atoms with van der Waals surface area (Å²) < 4.78 is 9.85. The lowest BCUT2D eigenvalue weighted by molar-refractivity contribution is -0.159. The number of carbonyl (C=O) groups excluding carboxylic acids is 2. The van der Waals surface area contributed by atoms with Crippen LogP contribution in [0.3, 0.4) is 0 Å². The number of phenols is 4. The van der Waals surface area contributed by atoms with Crippen LogP contribution >= 0.6 is 0 Å². The van der Waals surface area contributed by atoms with Gasteiger partial charge in [-0.3, -0.25) is 0 Å². The van der Waals surface area contributed by atoms with Gasteiger partial charge in [0.05, 0.1) is 13.0 Å². The molecule has 0 unspecified atom stereocenters. The summed E-state index contributed by atoms with van der Waals surface area (Å²) in [4.78, 5) is 24.5. The Balaban J connectivity index is 2.12. The molecular formula is C19H16O8. The van der Waals surface area contributed by atoms with Crippen molar-refractivity contribution >= 4 is 18.0 Å². The number of esters is 2. The van der Waals surface area contributed by atoms with E-state index in [9.17, 15) is 30.0 Å². The average Bonchev–Trinajstić information content (AvgIpc) is 2.96. The third-order valence-corrected chi connectivity index (χ3v) is 4.22. The monoisotopic (exact) mass is 372 g/mol. The molecule has 0 bridgehead atoms.